The molecule has 76 valence electrons. The molecule has 0 unspecified atom stereocenters. The third kappa shape index (κ3) is 2.43. The lowest BCUT2D eigenvalue weighted by Gasteiger charge is -2.12. The van der Waals surface area contributed by atoms with E-state index in [9.17, 15) is 9.18 Å². The Hall–Kier alpha value is -1.62. The van der Waals surface area contributed by atoms with E-state index in [0.717, 1.165) is 0 Å². The zero-order valence-corrected chi connectivity index (χ0v) is 8.04. The van der Waals surface area contributed by atoms with Crippen LogP contribution in [-0.2, 0) is 0 Å². The number of hydrazine groups is 1. The van der Waals surface area contributed by atoms with Gasteiger partial charge in [-0.15, -0.1) is 0 Å². The van der Waals surface area contributed by atoms with Crippen LogP contribution in [0.2, 0.25) is 0 Å². The summed E-state index contributed by atoms with van der Waals surface area (Å²) in [5.41, 5.74) is 8.16. The number of hydrogen-bond acceptors (Lipinski definition) is 3. The molecule has 0 aromatic heterocycles. The summed E-state index contributed by atoms with van der Waals surface area (Å²) in [7, 11) is 3.28. The second-order valence-electron chi connectivity index (χ2n) is 3.07. The Kier molecular flexibility index (Phi) is 3.03. The van der Waals surface area contributed by atoms with Gasteiger partial charge in [0.05, 0.1) is 5.56 Å². The van der Waals surface area contributed by atoms with Crippen LogP contribution in [0.25, 0.3) is 0 Å². The third-order valence-corrected chi connectivity index (χ3v) is 1.56. The van der Waals surface area contributed by atoms with Crippen LogP contribution in [0.1, 0.15) is 10.4 Å². The topological polar surface area (TPSA) is 58.4 Å². The molecule has 0 spiro atoms. The predicted molar refractivity (Wildman–Crippen MR) is 52.0 cm³/mol. The van der Waals surface area contributed by atoms with Crippen LogP contribution in [0.4, 0.5) is 10.1 Å². The first-order valence-electron chi connectivity index (χ1n) is 4.04. The fourth-order valence-corrected chi connectivity index (χ4v) is 0.980. The Morgan fingerprint density at radius 3 is 2.71 bits per heavy atom. The number of nitrogens with one attached hydrogen (secondary N) is 1. The predicted octanol–water partition coefficient (Wildman–Crippen LogP) is 0.614. The number of anilines is 1. The Morgan fingerprint density at radius 1 is 1.50 bits per heavy atom. The quantitative estimate of drug-likeness (QED) is 0.539. The van der Waals surface area contributed by atoms with Crippen molar-refractivity contribution in [1.29, 1.82) is 0 Å². The molecule has 0 aliphatic carbocycles. The molecule has 1 aromatic carbocycles. The molecule has 1 rings (SSSR count). The Labute approximate surface area is 81.5 Å². The van der Waals surface area contributed by atoms with Crippen LogP contribution in [0, 0.1) is 5.82 Å². The van der Waals surface area contributed by atoms with E-state index in [1.807, 2.05) is 0 Å². The molecule has 5 heteroatoms. The van der Waals surface area contributed by atoms with Gasteiger partial charge in [0.25, 0.3) is 5.91 Å². The molecule has 0 heterocycles. The second kappa shape index (κ2) is 4.06. The summed E-state index contributed by atoms with van der Waals surface area (Å²) in [6.07, 6.45) is 0. The number of nitrogens with two attached hydrogens (primary N) is 1. The first kappa shape index (κ1) is 10.5. The number of benzene rings is 1. The minimum atomic E-state index is -0.585. The molecule has 1 aromatic rings. The maximum atomic E-state index is 13.1. The highest BCUT2D eigenvalue weighted by Crippen LogP contribution is 2.11. The number of hydrogen-bond donors (Lipinski definition) is 2. The molecule has 0 aliphatic rings. The Bertz CT molecular complexity index is 352. The lowest BCUT2D eigenvalue weighted by Crippen LogP contribution is -2.36. The number of carbonyl (C=O) groups is 1. The molecule has 0 fully saturated rings. The lowest BCUT2D eigenvalue weighted by molar-refractivity contribution is 0.0852. The number of nitrogens with zero attached hydrogens (tertiary/aromatic N) is 1. The molecule has 14 heavy (non-hydrogen) atoms. The maximum absolute atomic E-state index is 13.1. The first-order valence-corrected chi connectivity index (χ1v) is 4.04. The van der Waals surface area contributed by atoms with E-state index in [2.05, 4.69) is 5.43 Å². The fourth-order valence-electron chi connectivity index (χ4n) is 0.980. The van der Waals surface area contributed by atoms with Crippen molar-refractivity contribution < 1.29 is 9.18 Å². The van der Waals surface area contributed by atoms with Crippen molar-refractivity contribution in [3.63, 3.8) is 0 Å². The van der Waals surface area contributed by atoms with Gasteiger partial charge < -0.3 is 5.73 Å². The number of rotatable bonds is 2. The minimum absolute atomic E-state index is 0.0568. The summed E-state index contributed by atoms with van der Waals surface area (Å²) in [4.78, 5) is 11.4. The van der Waals surface area contributed by atoms with E-state index in [0.29, 0.717) is 5.69 Å². The van der Waals surface area contributed by atoms with Crippen molar-refractivity contribution in [2.75, 3.05) is 19.8 Å². The molecule has 0 atom stereocenters. The van der Waals surface area contributed by atoms with E-state index in [1.54, 1.807) is 14.1 Å². The van der Waals surface area contributed by atoms with Crippen LogP contribution < -0.4 is 11.2 Å². The van der Waals surface area contributed by atoms with Crippen molar-refractivity contribution in [2.45, 2.75) is 0 Å². The zero-order chi connectivity index (χ0) is 10.7. The summed E-state index contributed by atoms with van der Waals surface area (Å²) < 4.78 is 13.1. The van der Waals surface area contributed by atoms with Gasteiger partial charge in [-0.05, 0) is 18.2 Å². The normalized spacial score (nSPS) is 10.3. The molecule has 1 amide bonds. The van der Waals surface area contributed by atoms with Crippen molar-refractivity contribution in [3.05, 3.63) is 29.6 Å². The number of nitrogen functional groups attached to an aromatic ring is 1. The van der Waals surface area contributed by atoms with Crippen molar-refractivity contribution >= 4 is 11.6 Å². The summed E-state index contributed by atoms with van der Waals surface area (Å²) in [6, 6.07) is 3.87. The average Bonchev–Trinajstić information content (AvgIpc) is 2.08. The SMILES string of the molecule is CN(C)NC(=O)c1cc(N)ccc1F. The van der Waals surface area contributed by atoms with Gasteiger partial charge in [0.1, 0.15) is 5.82 Å². The first-order chi connectivity index (χ1) is 6.50. The molecule has 0 saturated heterocycles. The Morgan fingerprint density at radius 2 is 2.14 bits per heavy atom. The van der Waals surface area contributed by atoms with Gasteiger partial charge in [0.15, 0.2) is 0 Å². The highest BCUT2D eigenvalue weighted by atomic mass is 19.1. The highest BCUT2D eigenvalue weighted by molar-refractivity contribution is 5.94. The molecule has 0 aliphatic heterocycles. The highest BCUT2D eigenvalue weighted by Gasteiger charge is 2.11. The van der Waals surface area contributed by atoms with Crippen LogP contribution in [0.5, 0.6) is 0 Å². The second-order valence-corrected chi connectivity index (χ2v) is 3.07. The average molecular weight is 197 g/mol. The van der Waals surface area contributed by atoms with E-state index in [4.69, 9.17) is 5.73 Å². The van der Waals surface area contributed by atoms with Gasteiger partial charge in [-0.3, -0.25) is 10.2 Å². The standard InChI is InChI=1S/C9H12FN3O/c1-13(2)12-9(14)7-5-6(11)3-4-8(7)10/h3-5H,11H2,1-2H3,(H,12,14). The fraction of sp³-hybridized carbons (Fsp3) is 0.222. The molecule has 4 nitrogen and oxygen atoms in total. The van der Waals surface area contributed by atoms with Gasteiger partial charge in [-0.25, -0.2) is 9.40 Å². The molecule has 3 N–H and O–H groups in total. The summed E-state index contributed by atoms with van der Waals surface area (Å²) in [5, 5.41) is 1.44. The number of amides is 1. The molecular weight excluding hydrogens is 185 g/mol. The van der Waals surface area contributed by atoms with E-state index < -0.39 is 11.7 Å². The lowest BCUT2D eigenvalue weighted by atomic mass is 10.2. The maximum Gasteiger partial charge on any atom is 0.268 e. The van der Waals surface area contributed by atoms with Gasteiger partial charge in [-0.2, -0.15) is 0 Å². The van der Waals surface area contributed by atoms with E-state index in [-0.39, 0.29) is 5.56 Å². The number of halogens is 1. The van der Waals surface area contributed by atoms with Crippen molar-refractivity contribution in [2.24, 2.45) is 0 Å². The van der Waals surface area contributed by atoms with E-state index >= 15 is 0 Å². The van der Waals surface area contributed by atoms with Crippen LogP contribution >= 0.6 is 0 Å². The monoisotopic (exact) mass is 197 g/mol. The minimum Gasteiger partial charge on any atom is -0.399 e. The third-order valence-electron chi connectivity index (χ3n) is 1.56. The van der Waals surface area contributed by atoms with Crippen LogP contribution in [-0.4, -0.2) is 25.0 Å². The van der Waals surface area contributed by atoms with Gasteiger partial charge >= 0.3 is 0 Å². The molecule has 0 bridgehead atoms. The largest absolute Gasteiger partial charge is 0.399 e. The van der Waals surface area contributed by atoms with Crippen molar-refractivity contribution in [3.8, 4) is 0 Å². The molecule has 0 radical (unpaired) electrons. The molecular formula is C9H12FN3O. The van der Waals surface area contributed by atoms with E-state index in [1.165, 1.54) is 23.2 Å². The summed E-state index contributed by atoms with van der Waals surface area (Å²) in [5.74, 6) is -1.10. The van der Waals surface area contributed by atoms with Crippen LogP contribution in [0.3, 0.4) is 0 Å². The Balaban J connectivity index is 2.94. The van der Waals surface area contributed by atoms with Crippen LogP contribution in [0.15, 0.2) is 18.2 Å². The van der Waals surface area contributed by atoms with Crippen molar-refractivity contribution in [1.82, 2.24) is 10.4 Å². The summed E-state index contributed by atoms with van der Waals surface area (Å²) >= 11 is 0. The smallest absolute Gasteiger partial charge is 0.268 e. The van der Waals surface area contributed by atoms with Gasteiger partial charge in [0.2, 0.25) is 0 Å². The van der Waals surface area contributed by atoms with Gasteiger partial charge in [0, 0.05) is 19.8 Å². The number of carbonyl (C=O) groups excluding carboxylic acids is 1. The zero-order valence-electron chi connectivity index (χ0n) is 8.04. The van der Waals surface area contributed by atoms with Gasteiger partial charge in [-0.1, -0.05) is 0 Å². The molecule has 0 saturated carbocycles. The summed E-state index contributed by atoms with van der Waals surface area (Å²) in [6.45, 7) is 0.